The monoisotopic (exact) mass is 1370 g/mol. The van der Waals surface area contributed by atoms with Gasteiger partial charge in [0, 0.05) is 60.6 Å². The van der Waals surface area contributed by atoms with Crippen LogP contribution in [0.15, 0.2) is 96.0 Å². The van der Waals surface area contributed by atoms with Gasteiger partial charge in [0.15, 0.2) is 18.3 Å². The van der Waals surface area contributed by atoms with Gasteiger partial charge >= 0.3 is 36.1 Å². The lowest BCUT2D eigenvalue weighted by atomic mass is 9.98. The first kappa shape index (κ1) is 76.6. The molecule has 0 aliphatic heterocycles. The molecule has 27 heteroatoms. The van der Waals surface area contributed by atoms with Crippen molar-refractivity contribution in [1.82, 2.24) is 36.6 Å². The smallest absolute Gasteiger partial charge is 0.408 e. The second-order valence-electron chi connectivity index (χ2n) is 26.0. The van der Waals surface area contributed by atoms with Crippen molar-refractivity contribution in [3.8, 4) is 21.1 Å². The third-order valence-corrected chi connectivity index (χ3v) is 16.5. The molecule has 1 aliphatic carbocycles. The molecule has 6 N–H and O–H groups in total. The number of hydrogen-bond acceptors (Lipinski definition) is 22. The van der Waals surface area contributed by atoms with Gasteiger partial charge in [-0.2, -0.15) is 0 Å². The minimum Gasteiger partial charge on any atom is -0.464 e. The van der Waals surface area contributed by atoms with Crippen LogP contribution in [0.25, 0.3) is 21.1 Å². The Kier molecular flexibility index (Phi) is 28.8. The molecule has 0 saturated carbocycles. The molecule has 9 atom stereocenters. The zero-order chi connectivity index (χ0) is 70.4. The second kappa shape index (κ2) is 36.1. The lowest BCUT2D eigenvalue weighted by molar-refractivity contribution is -0.190. The Bertz CT molecular complexity index is 3370. The number of alkyl carbamates (subject to hydrolysis) is 2. The van der Waals surface area contributed by atoms with Gasteiger partial charge in [-0.05, 0) is 94.4 Å². The summed E-state index contributed by atoms with van der Waals surface area (Å²) in [6.45, 7) is 19.0. The molecule has 0 unspecified atom stereocenters. The minimum atomic E-state index is -2.29. The zero-order valence-corrected chi connectivity index (χ0v) is 58.3. The van der Waals surface area contributed by atoms with Crippen molar-refractivity contribution < 1.29 is 86.2 Å². The maximum atomic E-state index is 15.5. The second-order valence-corrected chi connectivity index (χ2v) is 27.8. The predicted octanol–water partition coefficient (Wildman–Crippen LogP) is 8.63. The van der Waals surface area contributed by atoms with Crippen LogP contribution >= 0.6 is 22.7 Å². The Labute approximate surface area is 568 Å². The lowest BCUT2D eigenvalue weighted by Gasteiger charge is -2.35. The van der Waals surface area contributed by atoms with Crippen molar-refractivity contribution in [1.29, 1.82) is 0 Å². The number of esters is 4. The summed E-state index contributed by atoms with van der Waals surface area (Å²) in [5.74, 6) is -7.24. The highest BCUT2D eigenvalue weighted by Crippen LogP contribution is 2.35. The molecule has 2 aromatic heterocycles. The van der Waals surface area contributed by atoms with E-state index >= 15 is 9.59 Å². The van der Waals surface area contributed by atoms with Crippen molar-refractivity contribution in [2.45, 2.75) is 194 Å². The van der Waals surface area contributed by atoms with E-state index in [-0.39, 0.29) is 58.0 Å². The Morgan fingerprint density at radius 1 is 0.583 bits per heavy atom. The number of rotatable bonds is 33. The molecular weight excluding hydrogens is 1280 g/mol. The van der Waals surface area contributed by atoms with E-state index in [4.69, 9.17) is 37.9 Å². The molecule has 522 valence electrons. The molecule has 0 saturated heterocycles. The normalized spacial score (nSPS) is 15.9. The number of nitrogens with one attached hydrogen (secondary N) is 5. The molecule has 0 bridgehead atoms. The first-order valence-electron chi connectivity index (χ1n) is 31.9. The van der Waals surface area contributed by atoms with Crippen LogP contribution in [-0.4, -0.2) is 149 Å². The van der Waals surface area contributed by atoms with Gasteiger partial charge in [0.1, 0.15) is 51.6 Å². The number of nitrogens with zero attached hydrogens (tertiary/aromatic N) is 2. The van der Waals surface area contributed by atoms with Crippen molar-refractivity contribution >= 4 is 76.5 Å². The van der Waals surface area contributed by atoms with E-state index in [0.717, 1.165) is 21.1 Å². The standard InChI is InChI=1S/C69H91N7O18S2/c1-39(2)51(59(80)70-13)73-61(82)58(90-38-43-24-28-45(29-25-43)63-72-31-35-96-63)56(92-50(78)21-17-33-88-65(84)53(41(5)6)76-67(86)94-69(10,11)12)55(79)57(89-37-42-22-26-44(27-23-42)62-71-30-34-95-62)60(81)74-54-47-19-15-14-18-46(47)36-48(54)91-49(77)20-16-32-87-64(83)52(40(3)4)75-66(85)93-68(7,8)9/h14-15,18-19,22-31,34-35,39-41,48,51-58,79H,16-17,20-21,32-33,36-38H2,1-13H3,(H,70,80)(H,73,82)(H,74,81)(H,75,85)(H,76,86)/t48-,51+,52+,53+,54+,55-,56-,57-,58-/m1/s1. The number of ether oxygens (including phenoxy) is 8. The SMILES string of the molecule is CNC(=O)[C@@H](NC(=O)[C@H](OCc1ccc(-c2nccs2)cc1)[C@H](OC(=O)CCCOC(=O)[C@@H](NC(=O)OC(C)(C)C)C(C)C)[C@@H](O)[C@@H](OCc1ccc(-c2nccs2)cc1)C(=O)N[C@H]1c2ccccc2C[C@H]1OC(=O)CCCOC(=O)[C@@H](NC(=O)OC(C)(C)C)C(C)C)C(C)C. The van der Waals surface area contributed by atoms with E-state index in [1.165, 1.54) is 29.7 Å². The van der Waals surface area contributed by atoms with E-state index in [0.29, 0.717) is 22.3 Å². The number of amides is 5. The first-order chi connectivity index (χ1) is 45.4. The van der Waals surface area contributed by atoms with E-state index in [9.17, 15) is 38.7 Å². The molecule has 0 radical (unpaired) electrons. The molecule has 25 nitrogen and oxygen atoms in total. The molecule has 2 heterocycles. The number of carbonyl (C=O) groups is 9. The van der Waals surface area contributed by atoms with Gasteiger partial charge in [-0.1, -0.05) is 114 Å². The van der Waals surface area contributed by atoms with Crippen LogP contribution in [0.3, 0.4) is 0 Å². The summed E-state index contributed by atoms with van der Waals surface area (Å²) in [4.78, 5) is 133. The molecule has 3 aromatic carbocycles. The van der Waals surface area contributed by atoms with Gasteiger partial charge in [-0.15, -0.1) is 22.7 Å². The third-order valence-electron chi connectivity index (χ3n) is 14.8. The van der Waals surface area contributed by atoms with Crippen LogP contribution in [0.1, 0.15) is 137 Å². The Hall–Kier alpha value is -8.37. The number of hydrogen-bond donors (Lipinski definition) is 6. The number of thiazole rings is 2. The fourth-order valence-corrected chi connectivity index (χ4v) is 11.3. The average Bonchev–Trinajstić information content (AvgIpc) is 1.61. The van der Waals surface area contributed by atoms with Crippen LogP contribution in [0.2, 0.25) is 0 Å². The average molecular weight is 1370 g/mol. The zero-order valence-electron chi connectivity index (χ0n) is 56.6. The molecule has 0 spiro atoms. The van der Waals surface area contributed by atoms with Crippen LogP contribution in [-0.2, 0) is 91.1 Å². The molecule has 5 aromatic rings. The van der Waals surface area contributed by atoms with Gasteiger partial charge < -0.3 is 69.6 Å². The topological polar surface area (TPSA) is 334 Å². The summed E-state index contributed by atoms with van der Waals surface area (Å²) in [6, 6.07) is 16.7. The van der Waals surface area contributed by atoms with E-state index in [1.807, 2.05) is 10.8 Å². The van der Waals surface area contributed by atoms with Crippen molar-refractivity contribution in [3.63, 3.8) is 0 Å². The van der Waals surface area contributed by atoms with E-state index in [1.54, 1.807) is 168 Å². The van der Waals surface area contributed by atoms with Crippen LogP contribution < -0.4 is 26.6 Å². The summed E-state index contributed by atoms with van der Waals surface area (Å²) >= 11 is 2.85. The highest BCUT2D eigenvalue weighted by molar-refractivity contribution is 7.13. The number of aliphatic hydroxyl groups is 1. The van der Waals surface area contributed by atoms with Gasteiger partial charge in [0.05, 0.1) is 32.5 Å². The van der Waals surface area contributed by atoms with Crippen molar-refractivity contribution in [2.75, 3.05) is 20.3 Å². The van der Waals surface area contributed by atoms with Gasteiger partial charge in [-0.3, -0.25) is 24.0 Å². The highest BCUT2D eigenvalue weighted by atomic mass is 32.1. The summed E-state index contributed by atoms with van der Waals surface area (Å²) < 4.78 is 46.8. The number of aliphatic hydroxyl groups excluding tert-OH is 1. The van der Waals surface area contributed by atoms with E-state index < -0.39 is 138 Å². The highest BCUT2D eigenvalue weighted by Gasteiger charge is 2.47. The van der Waals surface area contributed by atoms with Crippen molar-refractivity contribution in [3.05, 3.63) is 118 Å². The first-order valence-corrected chi connectivity index (χ1v) is 33.7. The minimum absolute atomic E-state index is 0.0262. The number of aromatic nitrogens is 2. The summed E-state index contributed by atoms with van der Waals surface area (Å²) in [7, 11) is 1.39. The Morgan fingerprint density at radius 2 is 1.05 bits per heavy atom. The third kappa shape index (κ3) is 23.8. The Morgan fingerprint density at radius 3 is 1.50 bits per heavy atom. The quantitative estimate of drug-likeness (QED) is 0.0130. The maximum absolute atomic E-state index is 15.5. The predicted molar refractivity (Wildman–Crippen MR) is 356 cm³/mol. The fourth-order valence-electron chi connectivity index (χ4n) is 9.98. The van der Waals surface area contributed by atoms with E-state index in [2.05, 4.69) is 36.6 Å². The van der Waals surface area contributed by atoms with Gasteiger partial charge in [0.25, 0.3) is 11.8 Å². The van der Waals surface area contributed by atoms with Crippen LogP contribution in [0.4, 0.5) is 9.59 Å². The van der Waals surface area contributed by atoms with Crippen LogP contribution in [0.5, 0.6) is 0 Å². The lowest BCUT2D eigenvalue weighted by Crippen LogP contribution is -2.60. The number of likely N-dealkylation sites (N-methyl/N-ethyl adjacent to an activating group) is 1. The molecule has 96 heavy (non-hydrogen) atoms. The van der Waals surface area contributed by atoms with Crippen molar-refractivity contribution in [2.24, 2.45) is 17.8 Å². The molecule has 1 aliphatic rings. The summed E-state index contributed by atoms with van der Waals surface area (Å²) in [5.41, 5.74) is 2.20. The fraction of sp³-hybridized carbons (Fsp3) is 0.522. The largest absolute Gasteiger partial charge is 0.464 e. The molecule has 0 fully saturated rings. The number of fused-ring (bicyclic) bond motifs is 1. The van der Waals surface area contributed by atoms with Gasteiger partial charge in [-0.25, -0.2) is 29.1 Å². The molecular formula is C69H91N7O18S2. The maximum Gasteiger partial charge on any atom is 0.408 e. The van der Waals surface area contributed by atoms with Gasteiger partial charge in [0.2, 0.25) is 5.91 Å². The van der Waals surface area contributed by atoms with Crippen LogP contribution in [0, 0.1) is 17.8 Å². The molecule has 6 rings (SSSR count). The summed E-state index contributed by atoms with van der Waals surface area (Å²) in [5, 5.41) is 31.5. The number of carbonyl (C=O) groups excluding carboxylic acids is 9. The molecule has 5 amide bonds. The Balaban J connectivity index is 1.33. The number of benzene rings is 3. The summed E-state index contributed by atoms with van der Waals surface area (Å²) in [6.07, 6.45) is -8.55.